The third-order valence-electron chi connectivity index (χ3n) is 5.83. The van der Waals surface area contributed by atoms with Crippen molar-refractivity contribution in [3.8, 4) is 0 Å². The highest BCUT2D eigenvalue weighted by molar-refractivity contribution is 5.98. The summed E-state index contributed by atoms with van der Waals surface area (Å²) in [6.45, 7) is 10.6. The third-order valence-corrected chi connectivity index (χ3v) is 5.83. The number of fused-ring (bicyclic) bond motifs is 3. The second-order valence-electron chi connectivity index (χ2n) is 9.61. The molecule has 3 aliphatic heterocycles. The number of ether oxygens (including phenoxy) is 6. The van der Waals surface area contributed by atoms with Gasteiger partial charge >= 0.3 is 5.97 Å². The van der Waals surface area contributed by atoms with Gasteiger partial charge in [-0.25, -0.2) is 4.79 Å². The van der Waals surface area contributed by atoms with Crippen LogP contribution in [-0.2, 0) is 38.0 Å². The number of anilines is 1. The lowest BCUT2D eigenvalue weighted by Crippen LogP contribution is -2.60. The quantitative estimate of drug-likeness (QED) is 0.570. The molecule has 3 heterocycles. The Hall–Kier alpha value is -2.57. The molecule has 1 aromatic carbocycles. The van der Waals surface area contributed by atoms with Crippen molar-refractivity contribution in [2.24, 2.45) is 0 Å². The van der Waals surface area contributed by atoms with Crippen molar-refractivity contribution in [1.82, 2.24) is 5.32 Å². The molecule has 2 amide bonds. The van der Waals surface area contributed by atoms with E-state index < -0.39 is 66.1 Å². The van der Waals surface area contributed by atoms with Crippen molar-refractivity contribution >= 4 is 23.5 Å². The van der Waals surface area contributed by atoms with Crippen molar-refractivity contribution in [3.05, 3.63) is 29.8 Å². The van der Waals surface area contributed by atoms with Gasteiger partial charge in [-0.15, -0.1) is 0 Å². The Labute approximate surface area is 203 Å². The van der Waals surface area contributed by atoms with Crippen LogP contribution >= 0.6 is 0 Å². The second-order valence-corrected chi connectivity index (χ2v) is 9.61. The molecule has 0 aromatic heterocycles. The molecule has 35 heavy (non-hydrogen) atoms. The van der Waals surface area contributed by atoms with Gasteiger partial charge in [0.2, 0.25) is 5.91 Å². The van der Waals surface area contributed by atoms with Crippen LogP contribution in [0.4, 0.5) is 5.69 Å². The summed E-state index contributed by atoms with van der Waals surface area (Å²) in [7, 11) is 0. The molecule has 0 saturated carbocycles. The van der Waals surface area contributed by atoms with Crippen molar-refractivity contribution in [1.29, 1.82) is 0 Å². The smallest absolute Gasteiger partial charge is 0.338 e. The molecule has 6 atom stereocenters. The second kappa shape index (κ2) is 9.47. The summed E-state index contributed by atoms with van der Waals surface area (Å²) in [6, 6.07) is 5.37. The highest BCUT2D eigenvalue weighted by Gasteiger charge is 2.62. The highest BCUT2D eigenvalue weighted by Crippen LogP contribution is 2.44. The van der Waals surface area contributed by atoms with Gasteiger partial charge in [-0.1, -0.05) is 0 Å². The van der Waals surface area contributed by atoms with E-state index in [1.807, 2.05) is 0 Å². The number of carbonyl (C=O) groups is 3. The van der Waals surface area contributed by atoms with E-state index in [1.165, 1.54) is 0 Å². The Balaban J connectivity index is 1.39. The number of hydrogen-bond acceptors (Lipinski definition) is 9. The SMILES string of the molecule is CCOC(=O)c1ccc(NC(=O)[C@H](C)NC(=O)[C@H]2O[C@@H]3OC(C)(C)O[C@H]3[C@H]3OC(C)(C)O[C@@H]32)cc1. The molecule has 192 valence electrons. The predicted molar refractivity (Wildman–Crippen MR) is 121 cm³/mol. The van der Waals surface area contributed by atoms with Crippen LogP contribution in [0.25, 0.3) is 0 Å². The molecule has 2 N–H and O–H groups in total. The number of esters is 1. The monoisotopic (exact) mass is 492 g/mol. The summed E-state index contributed by atoms with van der Waals surface area (Å²) in [5.74, 6) is -3.27. The van der Waals surface area contributed by atoms with Crippen LogP contribution in [0, 0.1) is 0 Å². The molecule has 0 spiro atoms. The zero-order valence-electron chi connectivity index (χ0n) is 20.7. The maximum atomic E-state index is 13.2. The fourth-order valence-electron chi connectivity index (χ4n) is 4.34. The van der Waals surface area contributed by atoms with E-state index in [1.54, 1.807) is 65.8 Å². The van der Waals surface area contributed by atoms with Crippen LogP contribution in [-0.4, -0.2) is 72.7 Å². The first-order valence-electron chi connectivity index (χ1n) is 11.6. The Kier molecular flexibility index (Phi) is 6.91. The Morgan fingerprint density at radius 2 is 1.54 bits per heavy atom. The van der Waals surface area contributed by atoms with Crippen LogP contribution in [0.5, 0.6) is 0 Å². The molecule has 0 bridgehead atoms. The van der Waals surface area contributed by atoms with E-state index in [4.69, 9.17) is 28.4 Å². The lowest BCUT2D eigenvalue weighted by atomic mass is 9.98. The summed E-state index contributed by atoms with van der Waals surface area (Å²) in [5.41, 5.74) is 0.838. The zero-order valence-corrected chi connectivity index (χ0v) is 20.7. The standard InChI is InChI=1S/C24H32N2O9/c1-7-30-21(29)13-8-10-14(11-9-13)26-19(27)12(2)25-20(28)17-15-16(33-23(3,4)32-15)18-22(31-17)35-24(5,6)34-18/h8-12,15-18,22H,7H2,1-6H3,(H,25,28)(H,26,27)/t12-,15-,16-,17-,18-,22+/m0/s1. The molecule has 3 saturated heterocycles. The van der Waals surface area contributed by atoms with Crippen molar-refractivity contribution in [2.75, 3.05) is 11.9 Å². The fraction of sp³-hybridized carbons (Fsp3) is 0.625. The summed E-state index contributed by atoms with van der Waals surface area (Å²) < 4.78 is 34.6. The van der Waals surface area contributed by atoms with Crippen LogP contribution < -0.4 is 10.6 Å². The molecule has 4 rings (SSSR count). The van der Waals surface area contributed by atoms with Gasteiger partial charge in [-0.3, -0.25) is 9.59 Å². The van der Waals surface area contributed by atoms with E-state index >= 15 is 0 Å². The average Bonchev–Trinajstić information content (AvgIpc) is 3.27. The van der Waals surface area contributed by atoms with Crippen molar-refractivity contribution < 1.29 is 42.8 Å². The first kappa shape index (κ1) is 25.5. The largest absolute Gasteiger partial charge is 0.462 e. The minimum atomic E-state index is -1.07. The minimum Gasteiger partial charge on any atom is -0.462 e. The normalized spacial score (nSPS) is 31.1. The van der Waals surface area contributed by atoms with Crippen LogP contribution in [0.2, 0.25) is 0 Å². The van der Waals surface area contributed by atoms with Gasteiger partial charge in [0.15, 0.2) is 24.0 Å². The van der Waals surface area contributed by atoms with Crippen molar-refractivity contribution in [3.63, 3.8) is 0 Å². The summed E-state index contributed by atoms with van der Waals surface area (Å²) >= 11 is 0. The number of carbonyl (C=O) groups excluding carboxylic acids is 3. The van der Waals surface area contributed by atoms with Crippen LogP contribution in [0.3, 0.4) is 0 Å². The van der Waals surface area contributed by atoms with Gasteiger partial charge in [0.1, 0.15) is 24.4 Å². The van der Waals surface area contributed by atoms with E-state index in [2.05, 4.69) is 10.6 Å². The lowest BCUT2D eigenvalue weighted by Gasteiger charge is -2.36. The van der Waals surface area contributed by atoms with E-state index in [-0.39, 0.29) is 6.61 Å². The van der Waals surface area contributed by atoms with Crippen LogP contribution in [0.1, 0.15) is 51.9 Å². The molecule has 3 aliphatic rings. The topological polar surface area (TPSA) is 131 Å². The minimum absolute atomic E-state index is 0.272. The third kappa shape index (κ3) is 5.49. The van der Waals surface area contributed by atoms with E-state index in [9.17, 15) is 14.4 Å². The summed E-state index contributed by atoms with van der Waals surface area (Å²) in [4.78, 5) is 37.6. The molecule has 11 nitrogen and oxygen atoms in total. The lowest BCUT2D eigenvalue weighted by molar-refractivity contribution is -0.231. The van der Waals surface area contributed by atoms with Gasteiger partial charge < -0.3 is 39.1 Å². The molecular weight excluding hydrogens is 460 g/mol. The molecule has 0 aliphatic carbocycles. The van der Waals surface area contributed by atoms with Crippen LogP contribution in [0.15, 0.2) is 24.3 Å². The number of amides is 2. The Bertz CT molecular complexity index is 978. The molecule has 0 radical (unpaired) electrons. The molecule has 0 unspecified atom stereocenters. The van der Waals surface area contributed by atoms with Gasteiger partial charge in [-0.05, 0) is 65.8 Å². The summed E-state index contributed by atoms with van der Waals surface area (Å²) in [5, 5.41) is 5.38. The predicted octanol–water partition coefficient (Wildman–Crippen LogP) is 1.70. The van der Waals surface area contributed by atoms with Gasteiger partial charge in [0.25, 0.3) is 5.91 Å². The van der Waals surface area contributed by atoms with Crippen molar-refractivity contribution in [2.45, 2.75) is 89.9 Å². The molecule has 1 aromatic rings. The number of rotatable bonds is 6. The number of benzene rings is 1. The number of hydrogen-bond donors (Lipinski definition) is 2. The summed E-state index contributed by atoms with van der Waals surface area (Å²) in [6.07, 6.45) is -3.77. The van der Waals surface area contributed by atoms with Gasteiger partial charge in [0.05, 0.1) is 12.2 Å². The Morgan fingerprint density at radius 3 is 2.20 bits per heavy atom. The number of nitrogens with one attached hydrogen (secondary N) is 2. The Morgan fingerprint density at radius 1 is 0.943 bits per heavy atom. The average molecular weight is 493 g/mol. The highest BCUT2D eigenvalue weighted by atomic mass is 16.9. The molecular formula is C24H32N2O9. The maximum Gasteiger partial charge on any atom is 0.338 e. The first-order valence-corrected chi connectivity index (χ1v) is 11.6. The van der Waals surface area contributed by atoms with E-state index in [0.717, 1.165) is 0 Å². The first-order chi connectivity index (χ1) is 16.4. The van der Waals surface area contributed by atoms with E-state index in [0.29, 0.717) is 11.3 Å². The fourth-order valence-corrected chi connectivity index (χ4v) is 4.34. The molecule has 11 heteroatoms. The molecule has 3 fully saturated rings. The zero-order chi connectivity index (χ0) is 25.5. The van der Waals surface area contributed by atoms with Gasteiger partial charge in [-0.2, -0.15) is 0 Å². The maximum absolute atomic E-state index is 13.2. The van der Waals surface area contributed by atoms with Gasteiger partial charge in [0, 0.05) is 5.69 Å².